The summed E-state index contributed by atoms with van der Waals surface area (Å²) in [4.78, 5) is 20.1. The summed E-state index contributed by atoms with van der Waals surface area (Å²) >= 11 is 1.73. The second-order valence-corrected chi connectivity index (χ2v) is 7.94. The van der Waals surface area contributed by atoms with Crippen LogP contribution in [0.15, 0.2) is 47.1 Å². The van der Waals surface area contributed by atoms with E-state index in [-0.39, 0.29) is 5.91 Å². The third-order valence-corrected chi connectivity index (χ3v) is 5.84. The van der Waals surface area contributed by atoms with Crippen LogP contribution < -0.4 is 0 Å². The van der Waals surface area contributed by atoms with Crippen LogP contribution in [0, 0.1) is 0 Å². The molecule has 5 nitrogen and oxygen atoms in total. The Morgan fingerprint density at radius 2 is 2.07 bits per heavy atom. The lowest BCUT2D eigenvalue weighted by atomic mass is 10.2. The van der Waals surface area contributed by atoms with E-state index in [4.69, 9.17) is 9.40 Å². The smallest absolute Gasteiger partial charge is 0.243 e. The van der Waals surface area contributed by atoms with E-state index < -0.39 is 0 Å². The highest BCUT2D eigenvalue weighted by molar-refractivity contribution is 7.97. The lowest BCUT2D eigenvalue weighted by Gasteiger charge is -2.28. The molecule has 142 valence electrons. The van der Waals surface area contributed by atoms with E-state index in [1.54, 1.807) is 18.0 Å². The molecular formula is C21H25N3O2S. The molecule has 6 heteroatoms. The number of rotatable bonds is 7. The highest BCUT2D eigenvalue weighted by atomic mass is 32.2. The van der Waals surface area contributed by atoms with Gasteiger partial charge in [-0.1, -0.05) is 25.0 Å². The Kier molecular flexibility index (Phi) is 5.53. The molecule has 1 aliphatic rings. The van der Waals surface area contributed by atoms with Crippen molar-refractivity contribution in [2.45, 2.75) is 50.6 Å². The highest BCUT2D eigenvalue weighted by Gasteiger charge is 2.28. The molecule has 1 fully saturated rings. The average molecular weight is 384 g/mol. The van der Waals surface area contributed by atoms with Gasteiger partial charge >= 0.3 is 0 Å². The van der Waals surface area contributed by atoms with E-state index >= 15 is 0 Å². The van der Waals surface area contributed by atoms with Gasteiger partial charge in [-0.25, -0.2) is 4.98 Å². The van der Waals surface area contributed by atoms with Crippen molar-refractivity contribution in [3.63, 3.8) is 0 Å². The number of furan rings is 1. The number of amides is 1. The first-order chi connectivity index (χ1) is 13.3. The normalized spacial score (nSPS) is 14.9. The van der Waals surface area contributed by atoms with Crippen LogP contribution in [0.25, 0.3) is 11.0 Å². The summed E-state index contributed by atoms with van der Waals surface area (Å²) in [6, 6.07) is 12.2. The first-order valence-corrected chi connectivity index (χ1v) is 10.9. The summed E-state index contributed by atoms with van der Waals surface area (Å²) in [6.07, 6.45) is 8.28. The minimum Gasteiger partial charge on any atom is -0.467 e. The molecule has 2 heterocycles. The molecule has 1 saturated carbocycles. The molecule has 4 rings (SSSR count). The Morgan fingerprint density at radius 3 is 2.81 bits per heavy atom. The zero-order chi connectivity index (χ0) is 18.6. The maximum atomic E-state index is 13.4. The van der Waals surface area contributed by atoms with Crippen LogP contribution in [0.1, 0.15) is 37.3 Å². The van der Waals surface area contributed by atoms with Gasteiger partial charge in [0.15, 0.2) is 0 Å². The third kappa shape index (κ3) is 3.90. The summed E-state index contributed by atoms with van der Waals surface area (Å²) in [5.41, 5.74) is 1.98. The predicted octanol–water partition coefficient (Wildman–Crippen LogP) is 4.46. The van der Waals surface area contributed by atoms with Crippen LogP contribution in [0.3, 0.4) is 0 Å². The zero-order valence-electron chi connectivity index (χ0n) is 15.6. The molecule has 0 unspecified atom stereocenters. The van der Waals surface area contributed by atoms with Gasteiger partial charge in [0, 0.05) is 6.04 Å². The quantitative estimate of drug-likeness (QED) is 0.604. The first-order valence-electron chi connectivity index (χ1n) is 9.51. The van der Waals surface area contributed by atoms with Crippen molar-refractivity contribution in [1.82, 2.24) is 14.5 Å². The van der Waals surface area contributed by atoms with Crippen molar-refractivity contribution in [2.24, 2.45) is 0 Å². The number of thioether (sulfide) groups is 1. The molecule has 2 aromatic heterocycles. The molecule has 0 bridgehead atoms. The second-order valence-electron chi connectivity index (χ2n) is 7.08. The number of nitrogens with zero attached hydrogens (tertiary/aromatic N) is 3. The van der Waals surface area contributed by atoms with Gasteiger partial charge in [-0.2, -0.15) is 11.8 Å². The maximum Gasteiger partial charge on any atom is 0.243 e. The average Bonchev–Trinajstić information content (AvgIpc) is 3.42. The van der Waals surface area contributed by atoms with Crippen molar-refractivity contribution in [1.29, 1.82) is 0 Å². The standard InChI is InChI=1S/C21H25N3O2S/c1-27-15-20-22-18-10-4-5-11-19(18)24(20)14-21(25)23(16-7-2-3-8-16)13-17-9-6-12-26-17/h4-6,9-12,16H,2-3,7-8,13-15H2,1H3. The van der Waals surface area contributed by atoms with Gasteiger partial charge in [0.25, 0.3) is 0 Å². The van der Waals surface area contributed by atoms with E-state index in [0.717, 1.165) is 41.2 Å². The summed E-state index contributed by atoms with van der Waals surface area (Å²) in [5.74, 6) is 2.74. The minimum absolute atomic E-state index is 0.142. The molecule has 0 spiro atoms. The highest BCUT2D eigenvalue weighted by Crippen LogP contribution is 2.26. The van der Waals surface area contributed by atoms with Crippen molar-refractivity contribution >= 4 is 28.7 Å². The molecule has 0 radical (unpaired) electrons. The van der Waals surface area contributed by atoms with Crippen LogP contribution >= 0.6 is 11.8 Å². The Morgan fingerprint density at radius 1 is 1.26 bits per heavy atom. The van der Waals surface area contributed by atoms with Crippen LogP contribution in [0.2, 0.25) is 0 Å². The van der Waals surface area contributed by atoms with E-state index in [1.807, 2.05) is 41.3 Å². The van der Waals surface area contributed by atoms with Gasteiger partial charge < -0.3 is 13.9 Å². The number of imidazole rings is 1. The zero-order valence-corrected chi connectivity index (χ0v) is 16.5. The molecule has 3 aromatic rings. The van der Waals surface area contributed by atoms with Crippen molar-refractivity contribution in [3.05, 3.63) is 54.2 Å². The number of hydrogen-bond acceptors (Lipinski definition) is 4. The molecule has 0 saturated heterocycles. The number of fused-ring (bicyclic) bond motifs is 1. The van der Waals surface area contributed by atoms with Gasteiger partial charge in [0.2, 0.25) is 5.91 Å². The summed E-state index contributed by atoms with van der Waals surface area (Å²) < 4.78 is 7.61. The predicted molar refractivity (Wildman–Crippen MR) is 108 cm³/mol. The van der Waals surface area contributed by atoms with Crippen LogP contribution in [-0.4, -0.2) is 32.7 Å². The van der Waals surface area contributed by atoms with Crippen molar-refractivity contribution < 1.29 is 9.21 Å². The fraction of sp³-hybridized carbons (Fsp3) is 0.429. The lowest BCUT2D eigenvalue weighted by Crippen LogP contribution is -2.40. The van der Waals surface area contributed by atoms with E-state index in [1.165, 1.54) is 12.8 Å². The number of benzene rings is 1. The second kappa shape index (κ2) is 8.21. The molecule has 1 aliphatic carbocycles. The van der Waals surface area contributed by atoms with Gasteiger partial charge in [-0.3, -0.25) is 4.79 Å². The molecule has 27 heavy (non-hydrogen) atoms. The van der Waals surface area contributed by atoms with Crippen LogP contribution in [0.5, 0.6) is 0 Å². The van der Waals surface area contributed by atoms with Crippen molar-refractivity contribution in [2.75, 3.05) is 6.26 Å². The van der Waals surface area contributed by atoms with E-state index in [2.05, 4.69) is 10.8 Å². The Bertz CT molecular complexity index is 897. The maximum absolute atomic E-state index is 13.4. The van der Waals surface area contributed by atoms with Gasteiger partial charge in [-0.15, -0.1) is 0 Å². The topological polar surface area (TPSA) is 51.3 Å². The minimum atomic E-state index is 0.142. The summed E-state index contributed by atoms with van der Waals surface area (Å²) in [7, 11) is 0. The van der Waals surface area contributed by atoms with Gasteiger partial charge in [0.05, 0.1) is 29.6 Å². The Balaban J connectivity index is 1.62. The molecule has 1 aromatic carbocycles. The third-order valence-electron chi connectivity index (χ3n) is 5.29. The Labute approximate surface area is 163 Å². The molecule has 1 amide bonds. The van der Waals surface area contributed by atoms with Gasteiger partial charge in [-0.05, 0) is 43.4 Å². The monoisotopic (exact) mass is 383 g/mol. The number of carbonyl (C=O) groups excluding carboxylic acids is 1. The van der Waals surface area contributed by atoms with Crippen LogP contribution in [0.4, 0.5) is 0 Å². The van der Waals surface area contributed by atoms with Crippen LogP contribution in [-0.2, 0) is 23.6 Å². The molecule has 0 aliphatic heterocycles. The fourth-order valence-corrected chi connectivity index (χ4v) is 4.45. The summed E-state index contributed by atoms with van der Waals surface area (Å²) in [6.45, 7) is 0.870. The number of aromatic nitrogens is 2. The SMILES string of the molecule is CSCc1nc2ccccc2n1CC(=O)N(Cc1ccco1)C1CCCC1. The Hall–Kier alpha value is -2.21. The fourth-order valence-electron chi connectivity index (χ4n) is 3.97. The van der Waals surface area contributed by atoms with E-state index in [0.29, 0.717) is 19.1 Å². The van der Waals surface area contributed by atoms with E-state index in [9.17, 15) is 4.79 Å². The number of hydrogen-bond donors (Lipinski definition) is 0. The number of para-hydroxylation sites is 2. The largest absolute Gasteiger partial charge is 0.467 e. The molecular weight excluding hydrogens is 358 g/mol. The molecule has 0 N–H and O–H groups in total. The first kappa shape index (κ1) is 18.2. The lowest BCUT2D eigenvalue weighted by molar-refractivity contribution is -0.135. The number of carbonyl (C=O) groups is 1. The molecule has 0 atom stereocenters. The van der Waals surface area contributed by atoms with Crippen molar-refractivity contribution in [3.8, 4) is 0 Å². The summed E-state index contributed by atoms with van der Waals surface area (Å²) in [5, 5.41) is 0. The van der Waals surface area contributed by atoms with Gasteiger partial charge in [0.1, 0.15) is 18.1 Å².